The number of furan rings is 1. The molecule has 1 saturated carbocycles. The van der Waals surface area contributed by atoms with Crippen LogP contribution in [0, 0.1) is 0 Å². The van der Waals surface area contributed by atoms with Crippen molar-refractivity contribution in [2.45, 2.75) is 56.7 Å². The Kier molecular flexibility index (Phi) is 11.3. The second kappa shape index (κ2) is 13.4. The number of nitrogens with one attached hydrogen (secondary N) is 2. The van der Waals surface area contributed by atoms with Gasteiger partial charge in [-0.3, -0.25) is 9.20 Å². The molecule has 3 rings (SSSR count). The van der Waals surface area contributed by atoms with Crippen LogP contribution in [-0.4, -0.2) is 40.3 Å². The van der Waals surface area contributed by atoms with Crippen molar-refractivity contribution in [3.8, 4) is 0 Å². The van der Waals surface area contributed by atoms with Gasteiger partial charge in [0.2, 0.25) is 0 Å². The van der Waals surface area contributed by atoms with Crippen molar-refractivity contribution in [1.82, 2.24) is 10.6 Å². The maximum Gasteiger partial charge on any atom is 0.191 e. The highest BCUT2D eigenvalue weighted by atomic mass is 127. The van der Waals surface area contributed by atoms with E-state index in [1.165, 1.54) is 4.88 Å². The lowest BCUT2D eigenvalue weighted by Gasteiger charge is -2.30. The normalized spacial score (nSPS) is 20.7. The lowest BCUT2D eigenvalue weighted by atomic mass is 9.95. The van der Waals surface area contributed by atoms with Gasteiger partial charge in [0, 0.05) is 58.7 Å². The molecule has 2 N–H and O–H groups in total. The Labute approximate surface area is 197 Å². The van der Waals surface area contributed by atoms with Crippen LogP contribution in [0.25, 0.3) is 0 Å². The average Bonchev–Trinajstić information content (AvgIpc) is 3.41. The van der Waals surface area contributed by atoms with E-state index in [-0.39, 0.29) is 24.0 Å². The first-order valence-electron chi connectivity index (χ1n) is 10.2. The number of hydrogen-bond donors (Lipinski definition) is 2. The largest absolute Gasteiger partial charge is 0.469 e. The zero-order valence-corrected chi connectivity index (χ0v) is 20.9. The van der Waals surface area contributed by atoms with Gasteiger partial charge in [0.1, 0.15) is 5.76 Å². The van der Waals surface area contributed by atoms with Crippen molar-refractivity contribution >= 4 is 52.1 Å². The summed E-state index contributed by atoms with van der Waals surface area (Å²) >= 11 is 1.78. The summed E-state index contributed by atoms with van der Waals surface area (Å²) in [5, 5.41) is 9.47. The topological polar surface area (TPSA) is 66.6 Å². The molecule has 2 aromatic heterocycles. The fourth-order valence-electron chi connectivity index (χ4n) is 3.59. The molecule has 162 valence electrons. The summed E-state index contributed by atoms with van der Waals surface area (Å²) < 4.78 is 17.6. The molecule has 0 bridgehead atoms. The van der Waals surface area contributed by atoms with Crippen LogP contribution in [0.15, 0.2) is 45.3 Å². The first-order chi connectivity index (χ1) is 13.7. The minimum absolute atomic E-state index is 0. The summed E-state index contributed by atoms with van der Waals surface area (Å²) in [6.07, 6.45) is 7.77. The summed E-state index contributed by atoms with van der Waals surface area (Å²) in [6.45, 7) is 3.55. The monoisotopic (exact) mass is 549 g/mol. The van der Waals surface area contributed by atoms with E-state index in [1.54, 1.807) is 17.6 Å². The molecule has 1 fully saturated rings. The van der Waals surface area contributed by atoms with Gasteiger partial charge in [-0.05, 0) is 42.8 Å². The van der Waals surface area contributed by atoms with Crippen molar-refractivity contribution in [1.29, 1.82) is 0 Å². The van der Waals surface area contributed by atoms with Gasteiger partial charge in [0.15, 0.2) is 5.96 Å². The van der Waals surface area contributed by atoms with Gasteiger partial charge < -0.3 is 15.1 Å². The van der Waals surface area contributed by atoms with Gasteiger partial charge in [-0.2, -0.15) is 0 Å². The van der Waals surface area contributed by atoms with Crippen molar-refractivity contribution in [2.24, 2.45) is 4.99 Å². The minimum atomic E-state index is -0.712. The Hall–Kier alpha value is -0.870. The number of nitrogens with zero attached hydrogens (tertiary/aromatic N) is 1. The molecule has 3 unspecified atom stereocenters. The Morgan fingerprint density at radius 1 is 1.31 bits per heavy atom. The molecule has 0 aromatic carbocycles. The van der Waals surface area contributed by atoms with Crippen LogP contribution in [0.5, 0.6) is 0 Å². The Bertz CT molecular complexity index is 735. The molecule has 29 heavy (non-hydrogen) atoms. The molecular weight excluding hydrogens is 517 g/mol. The first kappa shape index (κ1) is 24.4. The molecular formula is C21H32IN3O2S2. The van der Waals surface area contributed by atoms with E-state index >= 15 is 0 Å². The van der Waals surface area contributed by atoms with Gasteiger partial charge in [-0.15, -0.1) is 35.3 Å². The third kappa shape index (κ3) is 8.41. The molecule has 2 heterocycles. The van der Waals surface area contributed by atoms with Crippen LogP contribution in [0.1, 0.15) is 43.2 Å². The second-order valence-corrected chi connectivity index (χ2v) is 10.2. The SMILES string of the molecule is CCS(=O)C1CCCC(NC(=NCCc2cccs2)NCCc2ccco2)C1.I. The summed E-state index contributed by atoms with van der Waals surface area (Å²) in [5.74, 6) is 2.58. The Morgan fingerprint density at radius 3 is 2.93 bits per heavy atom. The fraction of sp³-hybridized carbons (Fsp3) is 0.571. The molecule has 5 nitrogen and oxygen atoms in total. The quantitative estimate of drug-likeness (QED) is 0.277. The van der Waals surface area contributed by atoms with Crippen molar-refractivity contribution < 1.29 is 8.63 Å². The molecule has 1 aliphatic carbocycles. The fourth-order valence-corrected chi connectivity index (χ4v) is 5.63. The highest BCUT2D eigenvalue weighted by molar-refractivity contribution is 14.0. The van der Waals surface area contributed by atoms with E-state index in [2.05, 4.69) is 28.1 Å². The number of hydrogen-bond acceptors (Lipinski definition) is 4. The molecule has 0 saturated heterocycles. The first-order valence-corrected chi connectivity index (χ1v) is 12.5. The molecule has 1 aliphatic rings. The van der Waals surface area contributed by atoms with E-state index in [1.807, 2.05) is 19.1 Å². The minimum Gasteiger partial charge on any atom is -0.469 e. The number of guanidine groups is 1. The van der Waals surface area contributed by atoms with Crippen LogP contribution < -0.4 is 10.6 Å². The van der Waals surface area contributed by atoms with Gasteiger partial charge in [0.05, 0.1) is 6.26 Å². The number of aliphatic imine (C=N–C) groups is 1. The molecule has 8 heteroatoms. The molecule has 0 amide bonds. The van der Waals surface area contributed by atoms with Crippen LogP contribution in [0.3, 0.4) is 0 Å². The van der Waals surface area contributed by atoms with Crippen molar-refractivity contribution in [3.63, 3.8) is 0 Å². The molecule has 0 spiro atoms. The van der Waals surface area contributed by atoms with Crippen LogP contribution in [0.4, 0.5) is 0 Å². The Balaban J connectivity index is 0.00000300. The molecule has 2 aromatic rings. The smallest absolute Gasteiger partial charge is 0.191 e. The summed E-state index contributed by atoms with van der Waals surface area (Å²) in [4.78, 5) is 6.15. The number of thiophene rings is 1. The number of rotatable bonds is 9. The standard InChI is InChI=1S/C21H31N3O2S2.HI/c1-2-28(25)20-9-3-6-17(16-20)24-21(22-12-10-18-7-4-14-26-18)23-13-11-19-8-5-15-27-19;/h4-5,7-8,14-15,17,20H,2-3,6,9-13,16H2,1H3,(H2,22,23,24);1H. The zero-order valence-electron chi connectivity index (χ0n) is 17.0. The van der Waals surface area contributed by atoms with Gasteiger partial charge in [-0.25, -0.2) is 0 Å². The van der Waals surface area contributed by atoms with E-state index < -0.39 is 10.8 Å². The van der Waals surface area contributed by atoms with Crippen LogP contribution in [-0.2, 0) is 23.6 Å². The highest BCUT2D eigenvalue weighted by Gasteiger charge is 2.26. The van der Waals surface area contributed by atoms with Crippen LogP contribution in [0.2, 0.25) is 0 Å². The van der Waals surface area contributed by atoms with E-state index in [4.69, 9.17) is 9.41 Å². The Morgan fingerprint density at radius 2 is 2.21 bits per heavy atom. The number of halogens is 1. The summed E-state index contributed by atoms with van der Waals surface area (Å²) in [5.41, 5.74) is 0. The molecule has 0 radical (unpaired) electrons. The summed E-state index contributed by atoms with van der Waals surface area (Å²) in [6, 6.07) is 8.49. The maximum absolute atomic E-state index is 12.2. The van der Waals surface area contributed by atoms with Gasteiger partial charge in [0.25, 0.3) is 0 Å². The van der Waals surface area contributed by atoms with Crippen LogP contribution >= 0.6 is 35.3 Å². The third-order valence-electron chi connectivity index (χ3n) is 5.08. The van der Waals surface area contributed by atoms with E-state index in [0.29, 0.717) is 11.3 Å². The van der Waals surface area contributed by atoms with Crippen molar-refractivity contribution in [2.75, 3.05) is 18.8 Å². The zero-order chi connectivity index (χ0) is 19.6. The summed E-state index contributed by atoms with van der Waals surface area (Å²) in [7, 11) is -0.712. The molecule has 0 aliphatic heterocycles. The lowest BCUT2D eigenvalue weighted by Crippen LogP contribution is -2.47. The van der Waals surface area contributed by atoms with Crippen molar-refractivity contribution in [3.05, 3.63) is 46.5 Å². The predicted molar refractivity (Wildman–Crippen MR) is 134 cm³/mol. The lowest BCUT2D eigenvalue weighted by molar-refractivity contribution is 0.413. The van der Waals surface area contributed by atoms with E-state index in [9.17, 15) is 4.21 Å². The third-order valence-corrected chi connectivity index (χ3v) is 7.75. The van der Waals surface area contributed by atoms with Gasteiger partial charge in [-0.1, -0.05) is 19.4 Å². The molecule has 3 atom stereocenters. The highest BCUT2D eigenvalue weighted by Crippen LogP contribution is 2.23. The maximum atomic E-state index is 12.2. The van der Waals surface area contributed by atoms with Gasteiger partial charge >= 0.3 is 0 Å². The van der Waals surface area contributed by atoms with E-state index in [0.717, 1.165) is 69.1 Å². The second-order valence-electron chi connectivity index (χ2n) is 7.12. The average molecular weight is 550 g/mol. The predicted octanol–water partition coefficient (Wildman–Crippen LogP) is 4.36.